The van der Waals surface area contributed by atoms with E-state index in [2.05, 4.69) is 24.1 Å². The third-order valence-corrected chi connectivity index (χ3v) is 5.20. The van der Waals surface area contributed by atoms with E-state index in [1.807, 2.05) is 42.5 Å². The number of likely N-dealkylation sites (tertiary alicyclic amines) is 1. The lowest BCUT2D eigenvalue weighted by molar-refractivity contribution is 0.0796. The molecule has 0 bridgehead atoms. The number of aliphatic hydroxyl groups excluding tert-OH is 1. The number of hydrogen-bond acceptors (Lipinski definition) is 4. The Morgan fingerprint density at radius 1 is 1.17 bits per heavy atom. The van der Waals surface area contributed by atoms with Crippen LogP contribution in [0.2, 0.25) is 0 Å². The maximum atomic E-state index is 12.7. The highest BCUT2D eigenvalue weighted by atomic mass is 16.5. The molecule has 0 aromatic heterocycles. The number of nitrogens with one attached hydrogen (secondary N) is 1. The van der Waals surface area contributed by atoms with Gasteiger partial charge >= 0.3 is 0 Å². The van der Waals surface area contributed by atoms with Gasteiger partial charge in [0.05, 0.1) is 12.1 Å². The van der Waals surface area contributed by atoms with E-state index in [4.69, 9.17) is 4.74 Å². The minimum Gasteiger partial charge on any atom is -0.489 e. The van der Waals surface area contributed by atoms with Crippen molar-refractivity contribution in [1.82, 2.24) is 10.2 Å². The van der Waals surface area contributed by atoms with Crippen LogP contribution in [0.3, 0.4) is 0 Å². The first-order valence-electron chi connectivity index (χ1n) is 10.5. The SMILES string of the molecule is CC(C)CN1CCC[C@@H](O)[C@H](NC(=O)c2ccc(OCc3ccccc3)cc2)C1. The fraction of sp³-hybridized carbons (Fsp3) is 0.458. The van der Waals surface area contributed by atoms with Crippen molar-refractivity contribution < 1.29 is 14.6 Å². The predicted molar refractivity (Wildman–Crippen MR) is 115 cm³/mol. The molecule has 1 fully saturated rings. The minimum atomic E-state index is -0.510. The highest BCUT2D eigenvalue weighted by molar-refractivity contribution is 5.94. The van der Waals surface area contributed by atoms with E-state index in [1.165, 1.54) is 0 Å². The second-order valence-electron chi connectivity index (χ2n) is 8.24. The van der Waals surface area contributed by atoms with Gasteiger partial charge in [-0.25, -0.2) is 0 Å². The van der Waals surface area contributed by atoms with Crippen molar-refractivity contribution >= 4 is 5.91 Å². The second-order valence-corrected chi connectivity index (χ2v) is 8.24. The molecule has 0 spiro atoms. The molecular formula is C24H32N2O3. The summed E-state index contributed by atoms with van der Waals surface area (Å²) in [5.74, 6) is 1.13. The first kappa shape index (κ1) is 21.3. The van der Waals surface area contributed by atoms with Gasteiger partial charge in [0.2, 0.25) is 0 Å². The zero-order chi connectivity index (χ0) is 20.6. The van der Waals surface area contributed by atoms with Crippen molar-refractivity contribution in [2.24, 2.45) is 5.92 Å². The van der Waals surface area contributed by atoms with Crippen LogP contribution in [0.25, 0.3) is 0 Å². The molecule has 0 unspecified atom stereocenters. The van der Waals surface area contributed by atoms with E-state index in [0.29, 0.717) is 31.1 Å². The zero-order valence-electron chi connectivity index (χ0n) is 17.4. The molecule has 1 amide bonds. The average Bonchev–Trinajstić information content (AvgIpc) is 2.88. The lowest BCUT2D eigenvalue weighted by Crippen LogP contribution is -2.49. The molecule has 0 radical (unpaired) electrons. The summed E-state index contributed by atoms with van der Waals surface area (Å²) >= 11 is 0. The van der Waals surface area contributed by atoms with Crippen LogP contribution in [-0.2, 0) is 6.61 Å². The van der Waals surface area contributed by atoms with E-state index in [1.54, 1.807) is 12.1 Å². The molecule has 2 aromatic carbocycles. The average molecular weight is 397 g/mol. The quantitative estimate of drug-likeness (QED) is 0.752. The van der Waals surface area contributed by atoms with Gasteiger partial charge in [0.15, 0.2) is 0 Å². The van der Waals surface area contributed by atoms with Crippen LogP contribution in [0.4, 0.5) is 0 Å². The first-order chi connectivity index (χ1) is 14.0. The molecule has 156 valence electrons. The molecule has 0 saturated carbocycles. The molecule has 1 heterocycles. The second kappa shape index (κ2) is 10.4. The molecule has 29 heavy (non-hydrogen) atoms. The number of benzene rings is 2. The maximum absolute atomic E-state index is 12.7. The molecular weight excluding hydrogens is 364 g/mol. The van der Waals surface area contributed by atoms with Crippen LogP contribution in [0.5, 0.6) is 5.75 Å². The minimum absolute atomic E-state index is 0.157. The van der Waals surface area contributed by atoms with Crippen LogP contribution >= 0.6 is 0 Å². The predicted octanol–water partition coefficient (Wildman–Crippen LogP) is 3.48. The molecule has 2 aromatic rings. The highest BCUT2D eigenvalue weighted by Gasteiger charge is 2.27. The van der Waals surface area contributed by atoms with Gasteiger partial charge in [0.1, 0.15) is 12.4 Å². The Morgan fingerprint density at radius 2 is 1.90 bits per heavy atom. The summed E-state index contributed by atoms with van der Waals surface area (Å²) < 4.78 is 5.78. The van der Waals surface area contributed by atoms with Crippen molar-refractivity contribution in [3.8, 4) is 5.75 Å². The fourth-order valence-electron chi connectivity index (χ4n) is 3.74. The summed E-state index contributed by atoms with van der Waals surface area (Å²) in [5, 5.41) is 13.5. The molecule has 2 atom stereocenters. The van der Waals surface area contributed by atoms with Crippen LogP contribution < -0.4 is 10.1 Å². The first-order valence-corrected chi connectivity index (χ1v) is 10.5. The zero-order valence-corrected chi connectivity index (χ0v) is 17.4. The Hall–Kier alpha value is -2.37. The topological polar surface area (TPSA) is 61.8 Å². The smallest absolute Gasteiger partial charge is 0.251 e. The Kier molecular flexibility index (Phi) is 7.67. The lowest BCUT2D eigenvalue weighted by atomic mass is 10.1. The number of ether oxygens (including phenoxy) is 1. The van der Waals surface area contributed by atoms with E-state index in [-0.39, 0.29) is 11.9 Å². The Bertz CT molecular complexity index is 761. The number of amides is 1. The lowest BCUT2D eigenvalue weighted by Gasteiger charge is -2.28. The monoisotopic (exact) mass is 396 g/mol. The number of hydrogen-bond donors (Lipinski definition) is 2. The fourth-order valence-corrected chi connectivity index (χ4v) is 3.74. The largest absolute Gasteiger partial charge is 0.489 e. The van der Waals surface area contributed by atoms with Gasteiger partial charge in [-0.3, -0.25) is 4.79 Å². The highest BCUT2D eigenvalue weighted by Crippen LogP contribution is 2.16. The van der Waals surface area contributed by atoms with Crippen molar-refractivity contribution in [1.29, 1.82) is 0 Å². The number of rotatable bonds is 7. The third kappa shape index (κ3) is 6.58. The van der Waals surface area contributed by atoms with Crippen molar-refractivity contribution in [2.75, 3.05) is 19.6 Å². The summed E-state index contributed by atoms with van der Waals surface area (Å²) in [7, 11) is 0. The maximum Gasteiger partial charge on any atom is 0.251 e. The molecule has 1 aliphatic heterocycles. The van der Waals surface area contributed by atoms with Crippen molar-refractivity contribution in [2.45, 2.75) is 45.4 Å². The molecule has 2 N–H and O–H groups in total. The Labute approximate surface area is 173 Å². The molecule has 1 aliphatic rings. The van der Waals surface area contributed by atoms with Gasteiger partial charge in [0.25, 0.3) is 5.91 Å². The van der Waals surface area contributed by atoms with Crippen molar-refractivity contribution in [3.05, 3.63) is 65.7 Å². The molecule has 5 heteroatoms. The van der Waals surface area contributed by atoms with Gasteiger partial charge in [-0.05, 0) is 55.1 Å². The summed E-state index contributed by atoms with van der Waals surface area (Å²) in [6.07, 6.45) is 1.16. The number of aliphatic hydroxyl groups is 1. The normalized spacial score (nSPS) is 20.3. The number of nitrogens with zero attached hydrogens (tertiary/aromatic N) is 1. The standard InChI is InChI=1S/C24H32N2O3/c1-18(2)15-26-14-6-9-23(27)22(16-26)25-24(28)20-10-12-21(13-11-20)29-17-19-7-4-3-5-8-19/h3-5,7-8,10-13,18,22-23,27H,6,9,14-17H2,1-2H3,(H,25,28)/t22-,23-/m1/s1. The van der Waals surface area contributed by atoms with Crippen LogP contribution in [0.15, 0.2) is 54.6 Å². The number of carbonyl (C=O) groups excluding carboxylic acids is 1. The summed E-state index contributed by atoms with van der Waals surface area (Å²) in [4.78, 5) is 15.0. The van der Waals surface area contributed by atoms with Crippen molar-refractivity contribution in [3.63, 3.8) is 0 Å². The van der Waals surface area contributed by atoms with E-state index < -0.39 is 6.10 Å². The Morgan fingerprint density at radius 3 is 2.59 bits per heavy atom. The van der Waals surface area contributed by atoms with Gasteiger partial charge < -0.3 is 20.1 Å². The van der Waals surface area contributed by atoms with Crippen LogP contribution in [0, 0.1) is 5.92 Å². The van der Waals surface area contributed by atoms with E-state index >= 15 is 0 Å². The third-order valence-electron chi connectivity index (χ3n) is 5.20. The summed E-state index contributed by atoms with van der Waals surface area (Å²) in [5.41, 5.74) is 1.67. The number of carbonyl (C=O) groups is 1. The van der Waals surface area contributed by atoms with Gasteiger partial charge in [0, 0.05) is 18.7 Å². The van der Waals surface area contributed by atoms with Gasteiger partial charge in [-0.2, -0.15) is 0 Å². The molecule has 0 aliphatic carbocycles. The molecule has 5 nitrogen and oxygen atoms in total. The Balaban J connectivity index is 1.56. The van der Waals surface area contributed by atoms with Crippen LogP contribution in [0.1, 0.15) is 42.6 Å². The molecule has 1 saturated heterocycles. The summed E-state index contributed by atoms with van der Waals surface area (Å²) in [6, 6.07) is 16.9. The van der Waals surface area contributed by atoms with E-state index in [9.17, 15) is 9.90 Å². The van der Waals surface area contributed by atoms with E-state index in [0.717, 1.165) is 30.8 Å². The van der Waals surface area contributed by atoms with Gasteiger partial charge in [-0.15, -0.1) is 0 Å². The summed E-state index contributed by atoms with van der Waals surface area (Å²) in [6.45, 7) is 7.50. The van der Waals surface area contributed by atoms with Crippen LogP contribution in [-0.4, -0.2) is 47.7 Å². The molecule has 3 rings (SSSR count). The van der Waals surface area contributed by atoms with Gasteiger partial charge in [-0.1, -0.05) is 44.2 Å².